The van der Waals surface area contributed by atoms with Gasteiger partial charge in [0.2, 0.25) is 5.91 Å². The van der Waals surface area contributed by atoms with Crippen molar-refractivity contribution in [2.45, 2.75) is 40.0 Å². The van der Waals surface area contributed by atoms with Gasteiger partial charge in [-0.2, -0.15) is 0 Å². The molecule has 1 aliphatic carbocycles. The Bertz CT molecular complexity index is 581. The van der Waals surface area contributed by atoms with E-state index >= 15 is 0 Å². The van der Waals surface area contributed by atoms with Crippen LogP contribution in [0, 0.1) is 19.8 Å². The molecule has 0 N–H and O–H groups in total. The molecule has 0 radical (unpaired) electrons. The van der Waals surface area contributed by atoms with E-state index in [9.17, 15) is 9.59 Å². The molecular formula is C19H27NO4. The van der Waals surface area contributed by atoms with Crippen molar-refractivity contribution < 1.29 is 19.1 Å². The Morgan fingerprint density at radius 2 is 2.00 bits per heavy atom. The molecule has 24 heavy (non-hydrogen) atoms. The predicted octanol–water partition coefficient (Wildman–Crippen LogP) is 2.87. The highest BCUT2D eigenvalue weighted by Crippen LogP contribution is 2.30. The lowest BCUT2D eigenvalue weighted by molar-refractivity contribution is -0.149. The van der Waals surface area contributed by atoms with Crippen LogP contribution in [0.15, 0.2) is 18.2 Å². The predicted molar refractivity (Wildman–Crippen MR) is 92.0 cm³/mol. The van der Waals surface area contributed by atoms with Crippen LogP contribution in [-0.4, -0.2) is 43.1 Å². The van der Waals surface area contributed by atoms with Crippen LogP contribution < -0.4 is 4.74 Å². The summed E-state index contributed by atoms with van der Waals surface area (Å²) in [4.78, 5) is 25.7. The average Bonchev–Trinajstić information content (AvgIpc) is 3.33. The summed E-state index contributed by atoms with van der Waals surface area (Å²) in [5.74, 6) is 0.928. The normalized spacial score (nSPS) is 13.5. The number of aryl methyl sites for hydroxylation is 2. The Morgan fingerprint density at radius 3 is 2.62 bits per heavy atom. The van der Waals surface area contributed by atoms with Crippen molar-refractivity contribution in [1.82, 2.24) is 4.90 Å². The van der Waals surface area contributed by atoms with Crippen LogP contribution in [0.5, 0.6) is 5.75 Å². The number of hydrogen-bond donors (Lipinski definition) is 0. The van der Waals surface area contributed by atoms with Crippen LogP contribution in [0.3, 0.4) is 0 Å². The highest BCUT2D eigenvalue weighted by Gasteiger charge is 2.28. The summed E-state index contributed by atoms with van der Waals surface area (Å²) in [5.41, 5.74) is 2.24. The Kier molecular flexibility index (Phi) is 6.64. The van der Waals surface area contributed by atoms with Gasteiger partial charge in [-0.25, -0.2) is 0 Å². The van der Waals surface area contributed by atoms with Gasteiger partial charge in [0.05, 0.1) is 19.6 Å². The molecule has 1 fully saturated rings. The van der Waals surface area contributed by atoms with Gasteiger partial charge in [0.25, 0.3) is 0 Å². The van der Waals surface area contributed by atoms with Crippen molar-refractivity contribution in [3.05, 3.63) is 29.3 Å². The molecule has 0 aliphatic heterocycles. The number of nitrogens with zero attached hydrogens (tertiary/aromatic N) is 1. The van der Waals surface area contributed by atoms with E-state index < -0.39 is 0 Å². The molecule has 1 amide bonds. The lowest BCUT2D eigenvalue weighted by atomic mass is 10.1. The van der Waals surface area contributed by atoms with Gasteiger partial charge in [-0.1, -0.05) is 17.7 Å². The van der Waals surface area contributed by atoms with Crippen molar-refractivity contribution in [1.29, 1.82) is 0 Å². The van der Waals surface area contributed by atoms with E-state index in [1.165, 1.54) is 5.56 Å². The smallest absolute Gasteiger partial charge is 0.325 e. The van der Waals surface area contributed by atoms with E-state index in [2.05, 4.69) is 6.07 Å². The lowest BCUT2D eigenvalue weighted by Gasteiger charge is -2.21. The third-order valence-corrected chi connectivity index (χ3v) is 4.06. The van der Waals surface area contributed by atoms with Gasteiger partial charge in [0.1, 0.15) is 12.3 Å². The van der Waals surface area contributed by atoms with Crippen molar-refractivity contribution >= 4 is 11.9 Å². The van der Waals surface area contributed by atoms with Crippen LogP contribution in [0.25, 0.3) is 0 Å². The molecule has 0 saturated heterocycles. The van der Waals surface area contributed by atoms with E-state index in [4.69, 9.17) is 9.47 Å². The van der Waals surface area contributed by atoms with Crippen LogP contribution in [0.2, 0.25) is 0 Å². The van der Waals surface area contributed by atoms with E-state index in [1.807, 2.05) is 26.0 Å². The summed E-state index contributed by atoms with van der Waals surface area (Å²) in [6.45, 7) is 7.11. The number of carbonyl (C=O) groups excluding carboxylic acids is 2. The summed E-state index contributed by atoms with van der Waals surface area (Å²) >= 11 is 0. The third-order valence-electron chi connectivity index (χ3n) is 4.06. The highest BCUT2D eigenvalue weighted by molar-refractivity contribution is 5.82. The first-order chi connectivity index (χ1) is 11.5. The number of ether oxygens (including phenoxy) is 2. The maximum atomic E-state index is 12.4. The van der Waals surface area contributed by atoms with Gasteiger partial charge in [0.15, 0.2) is 0 Å². The Labute approximate surface area is 143 Å². The lowest BCUT2D eigenvalue weighted by Crippen LogP contribution is -2.38. The fourth-order valence-corrected chi connectivity index (χ4v) is 2.60. The van der Waals surface area contributed by atoms with E-state index in [0.29, 0.717) is 25.7 Å². The standard InChI is InChI=1S/C19H27NO4/c1-4-23-19(22)13-20(12-16-6-7-16)18(21)9-10-24-17-8-5-14(2)11-15(17)3/h5,8,11,16H,4,6-7,9-10,12-13H2,1-3H3. The highest BCUT2D eigenvalue weighted by atomic mass is 16.5. The second-order valence-electron chi connectivity index (χ2n) is 6.39. The number of amides is 1. The van der Waals surface area contributed by atoms with Crippen LogP contribution in [0.4, 0.5) is 0 Å². The summed E-state index contributed by atoms with van der Waals surface area (Å²) in [6.07, 6.45) is 2.52. The quantitative estimate of drug-likeness (QED) is 0.652. The fraction of sp³-hybridized carbons (Fsp3) is 0.579. The maximum absolute atomic E-state index is 12.4. The molecule has 132 valence electrons. The SMILES string of the molecule is CCOC(=O)CN(CC1CC1)C(=O)CCOc1ccc(C)cc1C. The first kappa shape index (κ1) is 18.3. The van der Waals surface area contributed by atoms with E-state index in [-0.39, 0.29) is 24.8 Å². The average molecular weight is 333 g/mol. The number of benzene rings is 1. The van der Waals surface area contributed by atoms with Gasteiger partial charge in [-0.15, -0.1) is 0 Å². The topological polar surface area (TPSA) is 55.8 Å². The maximum Gasteiger partial charge on any atom is 0.325 e. The van der Waals surface area contributed by atoms with Crippen molar-refractivity contribution in [3.63, 3.8) is 0 Å². The molecule has 1 aromatic rings. The molecule has 0 unspecified atom stereocenters. The third kappa shape index (κ3) is 5.87. The molecule has 1 saturated carbocycles. The number of esters is 1. The number of hydrogen-bond acceptors (Lipinski definition) is 4. The number of rotatable bonds is 9. The molecular weight excluding hydrogens is 306 g/mol. The first-order valence-corrected chi connectivity index (χ1v) is 8.63. The second-order valence-corrected chi connectivity index (χ2v) is 6.39. The van der Waals surface area contributed by atoms with Gasteiger partial charge < -0.3 is 14.4 Å². The van der Waals surface area contributed by atoms with Gasteiger partial charge in [-0.3, -0.25) is 9.59 Å². The van der Waals surface area contributed by atoms with E-state index in [1.54, 1.807) is 11.8 Å². The first-order valence-electron chi connectivity index (χ1n) is 8.63. The minimum atomic E-state index is -0.346. The monoisotopic (exact) mass is 333 g/mol. The molecule has 0 atom stereocenters. The van der Waals surface area contributed by atoms with Gasteiger partial charge >= 0.3 is 5.97 Å². The summed E-state index contributed by atoms with van der Waals surface area (Å²) in [6, 6.07) is 5.97. The molecule has 0 heterocycles. The summed E-state index contributed by atoms with van der Waals surface area (Å²) in [5, 5.41) is 0. The molecule has 0 spiro atoms. The fourth-order valence-electron chi connectivity index (χ4n) is 2.60. The Hall–Kier alpha value is -2.04. The van der Waals surface area contributed by atoms with Crippen LogP contribution >= 0.6 is 0 Å². The van der Waals surface area contributed by atoms with Crippen LogP contribution in [0.1, 0.15) is 37.3 Å². The zero-order valence-electron chi connectivity index (χ0n) is 14.8. The summed E-state index contributed by atoms with van der Waals surface area (Å²) in [7, 11) is 0. The zero-order valence-corrected chi connectivity index (χ0v) is 14.8. The van der Waals surface area contributed by atoms with Crippen molar-refractivity contribution in [2.75, 3.05) is 26.3 Å². The van der Waals surface area contributed by atoms with E-state index in [0.717, 1.165) is 24.2 Å². The molecule has 5 heteroatoms. The molecule has 0 aromatic heterocycles. The Morgan fingerprint density at radius 1 is 1.25 bits per heavy atom. The zero-order chi connectivity index (χ0) is 17.5. The molecule has 2 rings (SSSR count). The van der Waals surface area contributed by atoms with Gasteiger partial charge in [0, 0.05) is 6.54 Å². The molecule has 1 aromatic carbocycles. The molecule has 5 nitrogen and oxygen atoms in total. The van der Waals surface area contributed by atoms with Gasteiger partial charge in [-0.05, 0) is 51.2 Å². The molecule has 0 bridgehead atoms. The number of carbonyl (C=O) groups is 2. The minimum absolute atomic E-state index is 0.0345. The largest absolute Gasteiger partial charge is 0.493 e. The van der Waals surface area contributed by atoms with Crippen molar-refractivity contribution in [3.8, 4) is 5.75 Å². The van der Waals surface area contributed by atoms with Crippen LogP contribution in [-0.2, 0) is 14.3 Å². The minimum Gasteiger partial charge on any atom is -0.493 e. The Balaban J connectivity index is 1.83. The second kappa shape index (κ2) is 8.71. The summed E-state index contributed by atoms with van der Waals surface area (Å²) < 4.78 is 10.7. The molecule has 1 aliphatic rings. The van der Waals surface area contributed by atoms with Crippen molar-refractivity contribution in [2.24, 2.45) is 5.92 Å².